The Labute approximate surface area is 103 Å². The van der Waals surface area contributed by atoms with Gasteiger partial charge in [0.2, 0.25) is 0 Å². The van der Waals surface area contributed by atoms with Crippen molar-refractivity contribution in [3.63, 3.8) is 0 Å². The molecule has 1 aromatic heterocycles. The molecule has 1 heterocycles. The van der Waals surface area contributed by atoms with Gasteiger partial charge in [0.15, 0.2) is 5.82 Å². The van der Waals surface area contributed by atoms with E-state index in [2.05, 4.69) is 20.5 Å². The lowest BCUT2D eigenvalue weighted by molar-refractivity contribution is 0.763. The van der Waals surface area contributed by atoms with Crippen molar-refractivity contribution in [2.75, 3.05) is 7.05 Å². The number of aromatic nitrogens is 3. The number of hydrogen-bond acceptors (Lipinski definition) is 3. The minimum absolute atomic E-state index is 0.471. The highest BCUT2D eigenvalue weighted by Crippen LogP contribution is 2.31. The molecule has 0 aliphatic heterocycles. The molecule has 4 nitrogen and oxygen atoms in total. The van der Waals surface area contributed by atoms with Crippen molar-refractivity contribution in [3.05, 3.63) is 34.1 Å². The van der Waals surface area contributed by atoms with Crippen LogP contribution in [-0.2, 0) is 6.54 Å². The van der Waals surface area contributed by atoms with Gasteiger partial charge >= 0.3 is 0 Å². The lowest BCUT2D eigenvalue weighted by Gasteiger charge is -2.00. The van der Waals surface area contributed by atoms with Gasteiger partial charge in [-0.25, -0.2) is 4.98 Å². The number of aromatic amines is 1. The maximum atomic E-state index is 6.07. The predicted molar refractivity (Wildman–Crippen MR) is 64.6 cm³/mol. The third-order valence-electron chi connectivity index (χ3n) is 2.07. The van der Waals surface area contributed by atoms with Crippen LogP contribution in [0, 0.1) is 0 Å². The molecule has 0 saturated carbocycles. The number of H-pyrrole nitrogens is 1. The van der Waals surface area contributed by atoms with Crippen LogP contribution in [0.25, 0.3) is 11.4 Å². The van der Waals surface area contributed by atoms with Gasteiger partial charge in [-0.05, 0) is 19.2 Å². The summed E-state index contributed by atoms with van der Waals surface area (Å²) < 4.78 is 0. The van der Waals surface area contributed by atoms with E-state index in [9.17, 15) is 0 Å². The molecule has 6 heteroatoms. The molecule has 0 aliphatic rings. The molecule has 0 atom stereocenters. The molecule has 16 heavy (non-hydrogen) atoms. The van der Waals surface area contributed by atoms with Gasteiger partial charge in [-0.1, -0.05) is 29.3 Å². The Bertz CT molecular complexity index is 495. The lowest BCUT2D eigenvalue weighted by atomic mass is 10.2. The molecule has 2 aromatic rings. The van der Waals surface area contributed by atoms with E-state index in [-0.39, 0.29) is 0 Å². The Kier molecular flexibility index (Phi) is 3.43. The van der Waals surface area contributed by atoms with Crippen LogP contribution in [0.5, 0.6) is 0 Å². The summed E-state index contributed by atoms with van der Waals surface area (Å²) >= 11 is 12.0. The van der Waals surface area contributed by atoms with Crippen molar-refractivity contribution in [1.29, 1.82) is 0 Å². The topological polar surface area (TPSA) is 53.6 Å². The monoisotopic (exact) mass is 256 g/mol. The van der Waals surface area contributed by atoms with Crippen molar-refractivity contribution in [2.24, 2.45) is 0 Å². The first kappa shape index (κ1) is 11.4. The first-order valence-electron chi connectivity index (χ1n) is 4.72. The van der Waals surface area contributed by atoms with E-state index < -0.39 is 0 Å². The van der Waals surface area contributed by atoms with Gasteiger partial charge < -0.3 is 5.32 Å². The number of nitrogens with one attached hydrogen (secondary N) is 2. The summed E-state index contributed by atoms with van der Waals surface area (Å²) in [5, 5.41) is 10.9. The van der Waals surface area contributed by atoms with E-state index in [4.69, 9.17) is 23.2 Å². The van der Waals surface area contributed by atoms with E-state index in [1.807, 2.05) is 19.2 Å². The Balaban J connectivity index is 2.39. The molecule has 0 fully saturated rings. The summed E-state index contributed by atoms with van der Waals surface area (Å²) in [5.74, 6) is 1.31. The summed E-state index contributed by atoms with van der Waals surface area (Å²) in [7, 11) is 1.84. The first-order valence-corrected chi connectivity index (χ1v) is 5.48. The number of nitrogens with zero attached hydrogens (tertiary/aromatic N) is 2. The zero-order valence-corrected chi connectivity index (χ0v) is 10.1. The lowest BCUT2D eigenvalue weighted by Crippen LogP contribution is -2.06. The van der Waals surface area contributed by atoms with Gasteiger partial charge in [-0.2, -0.15) is 5.10 Å². The van der Waals surface area contributed by atoms with E-state index in [0.29, 0.717) is 22.4 Å². The molecule has 0 bridgehead atoms. The molecule has 0 radical (unpaired) electrons. The molecule has 1 aromatic carbocycles. The Morgan fingerprint density at radius 1 is 1.38 bits per heavy atom. The van der Waals surface area contributed by atoms with E-state index in [0.717, 1.165) is 11.4 Å². The van der Waals surface area contributed by atoms with Gasteiger partial charge in [0.1, 0.15) is 5.82 Å². The third kappa shape index (κ3) is 2.19. The average molecular weight is 257 g/mol. The van der Waals surface area contributed by atoms with Crippen LogP contribution >= 0.6 is 23.2 Å². The molecule has 0 amide bonds. The van der Waals surface area contributed by atoms with Crippen molar-refractivity contribution in [3.8, 4) is 11.4 Å². The van der Waals surface area contributed by atoms with Crippen molar-refractivity contribution >= 4 is 23.2 Å². The average Bonchev–Trinajstić information content (AvgIpc) is 2.71. The van der Waals surface area contributed by atoms with E-state index in [1.165, 1.54) is 0 Å². The Hall–Kier alpha value is -1.10. The molecule has 0 saturated heterocycles. The van der Waals surface area contributed by atoms with Gasteiger partial charge in [0, 0.05) is 5.56 Å². The Morgan fingerprint density at radius 2 is 2.19 bits per heavy atom. The zero-order valence-electron chi connectivity index (χ0n) is 8.59. The normalized spacial score (nSPS) is 10.7. The maximum absolute atomic E-state index is 6.07. The minimum atomic E-state index is 0.471. The van der Waals surface area contributed by atoms with Crippen molar-refractivity contribution in [2.45, 2.75) is 6.54 Å². The molecule has 84 valence electrons. The highest BCUT2D eigenvalue weighted by molar-refractivity contribution is 6.43. The fraction of sp³-hybridized carbons (Fsp3) is 0.200. The number of rotatable bonds is 3. The molecular formula is C10H10Cl2N4. The Morgan fingerprint density at radius 3 is 2.94 bits per heavy atom. The van der Waals surface area contributed by atoms with Crippen LogP contribution in [0.4, 0.5) is 0 Å². The van der Waals surface area contributed by atoms with Crippen LogP contribution in [0.1, 0.15) is 5.82 Å². The maximum Gasteiger partial charge on any atom is 0.182 e. The summed E-state index contributed by atoms with van der Waals surface area (Å²) in [5.41, 5.74) is 0.729. The quantitative estimate of drug-likeness (QED) is 0.888. The summed E-state index contributed by atoms with van der Waals surface area (Å²) in [6.45, 7) is 0.630. The molecule has 2 N–H and O–H groups in total. The van der Waals surface area contributed by atoms with Crippen LogP contribution in [0.3, 0.4) is 0 Å². The second-order valence-electron chi connectivity index (χ2n) is 3.24. The van der Waals surface area contributed by atoms with E-state index >= 15 is 0 Å². The largest absolute Gasteiger partial charge is 0.313 e. The molecule has 0 spiro atoms. The zero-order chi connectivity index (χ0) is 11.5. The van der Waals surface area contributed by atoms with Gasteiger partial charge in [-0.15, -0.1) is 0 Å². The minimum Gasteiger partial charge on any atom is -0.313 e. The highest BCUT2D eigenvalue weighted by atomic mass is 35.5. The van der Waals surface area contributed by atoms with Gasteiger partial charge in [0.25, 0.3) is 0 Å². The summed E-state index contributed by atoms with van der Waals surface area (Å²) in [4.78, 5) is 4.30. The molecule has 2 rings (SSSR count). The van der Waals surface area contributed by atoms with Crippen LogP contribution in [0.15, 0.2) is 18.2 Å². The molecule has 0 aliphatic carbocycles. The fourth-order valence-corrected chi connectivity index (χ4v) is 1.72. The first-order chi connectivity index (χ1) is 7.72. The summed E-state index contributed by atoms with van der Waals surface area (Å²) in [6, 6.07) is 5.38. The van der Waals surface area contributed by atoms with Crippen LogP contribution in [0.2, 0.25) is 10.0 Å². The fourth-order valence-electron chi connectivity index (χ4n) is 1.34. The number of benzene rings is 1. The van der Waals surface area contributed by atoms with Gasteiger partial charge in [-0.3, -0.25) is 5.10 Å². The van der Waals surface area contributed by atoms with Crippen LogP contribution in [-0.4, -0.2) is 22.2 Å². The number of halogens is 2. The summed E-state index contributed by atoms with van der Waals surface area (Å²) in [6.07, 6.45) is 0. The second kappa shape index (κ2) is 4.82. The SMILES string of the molecule is CNCc1nc(-c2cccc(Cl)c2Cl)n[nH]1. The van der Waals surface area contributed by atoms with Crippen molar-refractivity contribution < 1.29 is 0 Å². The van der Waals surface area contributed by atoms with Crippen molar-refractivity contribution in [1.82, 2.24) is 20.5 Å². The standard InChI is InChI=1S/C10H10Cl2N4/c1-13-5-8-14-10(16-15-8)6-3-2-4-7(11)9(6)12/h2-4,13H,5H2,1H3,(H,14,15,16). The highest BCUT2D eigenvalue weighted by Gasteiger charge is 2.11. The van der Waals surface area contributed by atoms with E-state index in [1.54, 1.807) is 6.07 Å². The predicted octanol–water partition coefficient (Wildman–Crippen LogP) is 2.50. The van der Waals surface area contributed by atoms with Gasteiger partial charge in [0.05, 0.1) is 16.6 Å². The number of hydrogen-bond donors (Lipinski definition) is 2. The third-order valence-corrected chi connectivity index (χ3v) is 2.89. The molecular weight excluding hydrogens is 247 g/mol. The second-order valence-corrected chi connectivity index (χ2v) is 4.02. The smallest absolute Gasteiger partial charge is 0.182 e. The van der Waals surface area contributed by atoms with Crippen LogP contribution < -0.4 is 5.32 Å². The molecule has 0 unspecified atom stereocenters.